The number of aliphatic hydroxyl groups excluding tert-OH is 24. The van der Waals surface area contributed by atoms with Crippen LogP contribution in [0.25, 0.3) is 0 Å². The maximum atomic E-state index is 13.4. The fourth-order valence-corrected chi connectivity index (χ4v) is 14.3. The van der Waals surface area contributed by atoms with E-state index in [1.807, 2.05) is 0 Å². The molecule has 0 aliphatic carbocycles. The zero-order valence-electron chi connectivity index (χ0n) is 59.9. The Hall–Kier alpha value is -3.76. The van der Waals surface area contributed by atoms with E-state index in [2.05, 4.69) is 21.3 Å². The molecule has 49 heteroatoms. The van der Waals surface area contributed by atoms with Crippen LogP contribution in [0.5, 0.6) is 0 Å². The van der Waals surface area contributed by atoms with Gasteiger partial charge in [0, 0.05) is 27.7 Å². The van der Waals surface area contributed by atoms with Crippen LogP contribution in [0.4, 0.5) is 0 Å². The van der Waals surface area contributed by atoms with Crippen molar-refractivity contribution < 1.29 is 222 Å². The van der Waals surface area contributed by atoms with E-state index < -0.39 is 353 Å². The monoisotopic (exact) mass is 1620 g/mol. The molecule has 1 unspecified atom stereocenters. The second-order valence-electron chi connectivity index (χ2n) is 28.2. The first-order chi connectivity index (χ1) is 52.4. The average molecular weight is 1630 g/mol. The number of carbonyl (C=O) groups is 4. The minimum Gasteiger partial charge on any atom is -0.394 e. The first-order valence-electron chi connectivity index (χ1n) is 35.5. The molecule has 0 aromatic rings. The lowest BCUT2D eigenvalue weighted by Gasteiger charge is -2.51. The summed E-state index contributed by atoms with van der Waals surface area (Å²) >= 11 is 0. The highest BCUT2D eigenvalue weighted by Crippen LogP contribution is 2.39. The summed E-state index contributed by atoms with van der Waals surface area (Å²) in [4.78, 5) is 52.0. The molecule has 0 saturated carbocycles. The maximum absolute atomic E-state index is 13.4. The van der Waals surface area contributed by atoms with E-state index in [1.54, 1.807) is 0 Å². The van der Waals surface area contributed by atoms with E-state index >= 15 is 0 Å². The Balaban J connectivity index is 1.04. The van der Waals surface area contributed by atoms with Gasteiger partial charge in [-0.15, -0.1) is 0 Å². The molecule has 0 aromatic heterocycles. The van der Waals surface area contributed by atoms with Crippen molar-refractivity contribution >= 4 is 23.6 Å². The summed E-state index contributed by atoms with van der Waals surface area (Å²) in [6.07, 6.45) is -82.2. The number of amides is 4. The SMILES string of the molecule is CC(=O)N[C@H]1[C@H](OC[C@H]2O[C@@H](O[C@H]3[C@@H](O)[C@@H](CO[C@@H]4O[C@H](CO)[C@@H](O[C@@H]5O[C@H](CO)[C@H](O)[C@H](O)[C@H]5O)[C@H](O)[C@H]4NC(C)=O)OC(O)[C@@H]3NC(C)=O)[C@H](O)[C@@H](O[C@@H]3O[C@H](CO)[C@@H](O)[C@H](O[C@@H]4O[C@H](CO)[C@H](O)[C@H](O)[C@H]4O[C@@H]4O[C@@H](C)[C@@H](O)[C@@H](O)[C@@H]4O)[C@H]3NC(C)=O)[C@H]2O)O[C@H](CO)[C@@H](O[C@@H]2O[C@H](CO)[C@H](O)[C@H](O)[C@H]2O)[C@@H]1O. The summed E-state index contributed by atoms with van der Waals surface area (Å²) < 4.78 is 100. The van der Waals surface area contributed by atoms with E-state index in [9.17, 15) is 142 Å². The molecule has 9 heterocycles. The Morgan fingerprint density at radius 2 is 0.550 bits per heavy atom. The Morgan fingerprint density at radius 1 is 0.252 bits per heavy atom. The normalized spacial score (nSPS) is 49.3. The summed E-state index contributed by atoms with van der Waals surface area (Å²) in [5.41, 5.74) is 0. The largest absolute Gasteiger partial charge is 0.394 e. The Labute approximate surface area is 629 Å². The van der Waals surface area contributed by atoms with E-state index in [-0.39, 0.29) is 0 Å². The summed E-state index contributed by atoms with van der Waals surface area (Å²) in [6, 6.07) is -7.55. The molecular formula is C62H104N4O45. The second-order valence-corrected chi connectivity index (χ2v) is 28.2. The molecular weight excluding hydrogens is 1520 g/mol. The first kappa shape index (κ1) is 91.1. The molecule has 111 heavy (non-hydrogen) atoms. The van der Waals surface area contributed by atoms with Crippen molar-refractivity contribution in [1.82, 2.24) is 21.3 Å². The van der Waals surface area contributed by atoms with Crippen molar-refractivity contribution in [2.24, 2.45) is 0 Å². The summed E-state index contributed by atoms with van der Waals surface area (Å²) in [5.74, 6) is -3.71. The number of rotatable bonds is 28. The van der Waals surface area contributed by atoms with Crippen LogP contribution in [0, 0.1) is 0 Å². The van der Waals surface area contributed by atoms with Gasteiger partial charge in [0.05, 0.1) is 59.0 Å². The highest BCUT2D eigenvalue weighted by molar-refractivity contribution is 5.74. The Morgan fingerprint density at radius 3 is 1.00 bits per heavy atom. The summed E-state index contributed by atoms with van der Waals surface area (Å²) in [5, 5.41) is 275. The number of carbonyl (C=O) groups excluding carboxylic acids is 4. The van der Waals surface area contributed by atoms with E-state index in [0.717, 1.165) is 27.7 Å². The van der Waals surface area contributed by atoms with Crippen molar-refractivity contribution in [2.45, 2.75) is 311 Å². The molecule has 28 N–H and O–H groups in total. The number of aliphatic hydroxyl groups is 24. The summed E-state index contributed by atoms with van der Waals surface area (Å²) in [7, 11) is 0. The van der Waals surface area contributed by atoms with Gasteiger partial charge in [0.25, 0.3) is 0 Å². The maximum Gasteiger partial charge on any atom is 0.217 e. The van der Waals surface area contributed by atoms with Crippen molar-refractivity contribution in [3.8, 4) is 0 Å². The zero-order valence-corrected chi connectivity index (χ0v) is 59.9. The van der Waals surface area contributed by atoms with Gasteiger partial charge in [0.2, 0.25) is 23.6 Å². The van der Waals surface area contributed by atoms with Gasteiger partial charge in [-0.3, -0.25) is 19.2 Å². The lowest BCUT2D eigenvalue weighted by Crippen LogP contribution is -2.71. The molecule has 45 atom stereocenters. The van der Waals surface area contributed by atoms with Crippen LogP contribution in [-0.2, 0) is 99.7 Å². The van der Waals surface area contributed by atoms with Gasteiger partial charge in [0.15, 0.2) is 56.6 Å². The molecule has 9 aliphatic heterocycles. The predicted octanol–water partition coefficient (Wildman–Crippen LogP) is -19.0. The third-order valence-corrected chi connectivity index (χ3v) is 20.3. The lowest BCUT2D eigenvalue weighted by atomic mass is 9.93. The van der Waals surface area contributed by atoms with Gasteiger partial charge in [0.1, 0.15) is 213 Å². The molecule has 9 aliphatic rings. The average Bonchev–Trinajstić information content (AvgIpc) is 0.771. The highest BCUT2D eigenvalue weighted by atomic mass is 16.8. The number of hydrogen-bond donors (Lipinski definition) is 28. The third-order valence-electron chi connectivity index (χ3n) is 20.3. The lowest BCUT2D eigenvalue weighted by molar-refractivity contribution is -0.390. The molecule has 0 bridgehead atoms. The second kappa shape index (κ2) is 39.7. The molecule has 9 rings (SSSR count). The molecule has 9 fully saturated rings. The van der Waals surface area contributed by atoms with Gasteiger partial charge >= 0.3 is 0 Å². The molecule has 4 amide bonds. The number of nitrogens with one attached hydrogen (secondary N) is 4. The van der Waals surface area contributed by atoms with Gasteiger partial charge in [-0.2, -0.15) is 0 Å². The van der Waals surface area contributed by atoms with Crippen LogP contribution < -0.4 is 21.3 Å². The highest BCUT2D eigenvalue weighted by Gasteiger charge is 2.61. The molecule has 49 nitrogen and oxygen atoms in total. The smallest absolute Gasteiger partial charge is 0.217 e. The van der Waals surface area contributed by atoms with Gasteiger partial charge in [-0.05, 0) is 6.92 Å². The zero-order chi connectivity index (χ0) is 81.8. The Bertz CT molecular complexity index is 2950. The third kappa shape index (κ3) is 20.3. The van der Waals surface area contributed by atoms with Crippen LogP contribution in [0.3, 0.4) is 0 Å². The van der Waals surface area contributed by atoms with Crippen molar-refractivity contribution in [3.63, 3.8) is 0 Å². The van der Waals surface area contributed by atoms with Crippen molar-refractivity contribution in [2.75, 3.05) is 52.9 Å². The van der Waals surface area contributed by atoms with Gasteiger partial charge in [-0.1, -0.05) is 0 Å². The standard InChI is InChI=1S/C62H104N4O45/c1-14-31(77)40(86)44(90)58(97-14)111-53-43(89)34(80)21(8-69)102-62(53)109-51-30(66-18(5)76)57(99-22(9-70)35(51)81)110-52-37(83)26(13-96-56-28(64-16(3)74)39(85)49(24(11-72)104-56)107-60-46(92)42(88)33(79)20(7-68)101-60)105-61(47(52)93)108-50-29(65-17(4)75)54(94)98-25(36(50)82)12-95-55-27(63-15(2)73)38(84)48(23(10-71)103-55)106-59-45(91)41(87)32(78)19(6-67)100-59/h14,19-62,67-72,77-94H,6-13H2,1-5H3,(H,63,73)(H,64,74)(H,65,75)(H,66,76)/t14-,19+,20+,21+,22+,23+,24+,25+,26+,27+,28+,29+,30+,31+,32-,33-,34-,35+,36-,37-,38+,39+,40+,41-,42-,43-,44-,45+,46+,47+,48+,49+,50+,51+,52-,53+,54?,55+,56+,57-,58-,59-,60-,61-,62-/m0/s1. The van der Waals surface area contributed by atoms with Crippen LogP contribution in [-0.4, -0.2) is 475 Å². The fourth-order valence-electron chi connectivity index (χ4n) is 14.3. The van der Waals surface area contributed by atoms with Crippen LogP contribution >= 0.6 is 0 Å². The van der Waals surface area contributed by atoms with Crippen LogP contribution in [0.15, 0.2) is 0 Å². The molecule has 9 saturated heterocycles. The van der Waals surface area contributed by atoms with Crippen LogP contribution in [0.2, 0.25) is 0 Å². The number of hydrogen-bond acceptors (Lipinski definition) is 45. The molecule has 642 valence electrons. The first-order valence-corrected chi connectivity index (χ1v) is 35.5. The summed E-state index contributed by atoms with van der Waals surface area (Å²) in [6.45, 7) is -3.23. The van der Waals surface area contributed by atoms with E-state index in [1.165, 1.54) is 6.92 Å². The van der Waals surface area contributed by atoms with Gasteiger partial charge < -0.3 is 224 Å². The molecule has 0 aromatic carbocycles. The molecule has 0 radical (unpaired) electrons. The van der Waals surface area contributed by atoms with Crippen molar-refractivity contribution in [3.05, 3.63) is 0 Å². The molecule has 0 spiro atoms. The minimum absolute atomic E-state index is 0.859. The topological polar surface area (TPSA) is 759 Å². The van der Waals surface area contributed by atoms with Crippen LogP contribution in [0.1, 0.15) is 34.6 Å². The van der Waals surface area contributed by atoms with Gasteiger partial charge in [-0.25, -0.2) is 0 Å². The van der Waals surface area contributed by atoms with Crippen molar-refractivity contribution in [1.29, 1.82) is 0 Å². The minimum atomic E-state index is -2.54. The quantitative estimate of drug-likeness (QED) is 0.0346. The van der Waals surface area contributed by atoms with E-state index in [4.69, 9.17) is 80.5 Å². The van der Waals surface area contributed by atoms with E-state index in [0.29, 0.717) is 0 Å². The fraction of sp³-hybridized carbons (Fsp3) is 0.935. The Kier molecular flexibility index (Phi) is 32.6. The predicted molar refractivity (Wildman–Crippen MR) is 342 cm³/mol. The number of ether oxygens (including phenoxy) is 17.